The molecule has 1 fully saturated rings. The summed E-state index contributed by atoms with van der Waals surface area (Å²) in [5.74, 6) is 1.11. The molecule has 2 N–H and O–H groups in total. The Morgan fingerprint density at radius 1 is 1.28 bits per heavy atom. The van der Waals surface area contributed by atoms with Crippen molar-refractivity contribution in [3.05, 3.63) is 35.2 Å². The molecule has 0 aliphatic carbocycles. The fourth-order valence-electron chi connectivity index (χ4n) is 2.64. The van der Waals surface area contributed by atoms with Crippen LogP contribution in [0.25, 0.3) is 11.4 Å². The van der Waals surface area contributed by atoms with Gasteiger partial charge in [-0.1, -0.05) is 16.8 Å². The largest absolute Gasteiger partial charge is 0.339 e. The van der Waals surface area contributed by atoms with Crippen molar-refractivity contribution in [3.8, 4) is 11.4 Å². The molecule has 2 aromatic rings. The van der Waals surface area contributed by atoms with Gasteiger partial charge in [-0.25, -0.2) is 0 Å². The van der Waals surface area contributed by atoms with E-state index < -0.39 is 6.04 Å². The third-order valence-electron chi connectivity index (χ3n) is 4.00. The van der Waals surface area contributed by atoms with E-state index in [1.807, 2.05) is 12.1 Å². The van der Waals surface area contributed by atoms with E-state index in [4.69, 9.17) is 21.9 Å². The maximum absolute atomic E-state index is 11.9. The molecule has 1 saturated heterocycles. The van der Waals surface area contributed by atoms with Crippen molar-refractivity contribution in [1.82, 2.24) is 19.9 Å². The Labute approximate surface area is 157 Å². The highest BCUT2D eigenvalue weighted by atomic mass is 35.5. The van der Waals surface area contributed by atoms with E-state index in [1.54, 1.807) is 24.0 Å². The fourth-order valence-corrected chi connectivity index (χ4v) is 2.77. The molecular formula is C16H21Cl2N5O2. The van der Waals surface area contributed by atoms with E-state index >= 15 is 0 Å². The van der Waals surface area contributed by atoms with Gasteiger partial charge in [-0.2, -0.15) is 4.98 Å². The standard InChI is InChI=1S/C16H20ClN5O2.ClH/c1-11(18)16(23)22-8-6-21(7-9-22)10-14-19-15(20-24-14)12-2-4-13(17)5-3-12;/h2-5,11H,6-10,18H2,1H3;1H. The van der Waals surface area contributed by atoms with Gasteiger partial charge in [-0.3, -0.25) is 9.69 Å². The second kappa shape index (κ2) is 8.62. The summed E-state index contributed by atoms with van der Waals surface area (Å²) in [6, 6.07) is 6.85. The van der Waals surface area contributed by atoms with Gasteiger partial charge in [0.25, 0.3) is 0 Å². The van der Waals surface area contributed by atoms with E-state index in [0.29, 0.717) is 36.4 Å². The highest BCUT2D eigenvalue weighted by Crippen LogP contribution is 2.19. The number of aromatic nitrogens is 2. The lowest BCUT2D eigenvalue weighted by atomic mass is 10.2. The zero-order chi connectivity index (χ0) is 17.1. The molecule has 0 spiro atoms. The van der Waals surface area contributed by atoms with Gasteiger partial charge in [0.05, 0.1) is 12.6 Å². The van der Waals surface area contributed by atoms with Gasteiger partial charge in [0.2, 0.25) is 17.6 Å². The van der Waals surface area contributed by atoms with Gasteiger partial charge in [0, 0.05) is 36.8 Å². The number of carbonyl (C=O) groups is 1. The van der Waals surface area contributed by atoms with Crippen LogP contribution < -0.4 is 5.73 Å². The summed E-state index contributed by atoms with van der Waals surface area (Å²) < 4.78 is 5.33. The zero-order valence-electron chi connectivity index (χ0n) is 13.9. The van der Waals surface area contributed by atoms with Crippen molar-refractivity contribution in [2.24, 2.45) is 5.73 Å². The molecule has 0 radical (unpaired) electrons. The fraction of sp³-hybridized carbons (Fsp3) is 0.438. The number of nitrogens with two attached hydrogens (primary N) is 1. The predicted octanol–water partition coefficient (Wildman–Crippen LogP) is 1.80. The molecule has 1 unspecified atom stereocenters. The van der Waals surface area contributed by atoms with Crippen LogP contribution in [-0.4, -0.2) is 58.1 Å². The lowest BCUT2D eigenvalue weighted by molar-refractivity contribution is -0.134. The summed E-state index contributed by atoms with van der Waals surface area (Å²) in [5, 5.41) is 4.68. The lowest BCUT2D eigenvalue weighted by Crippen LogP contribution is -2.52. The monoisotopic (exact) mass is 385 g/mol. The zero-order valence-corrected chi connectivity index (χ0v) is 15.5. The Morgan fingerprint density at radius 3 is 2.52 bits per heavy atom. The second-order valence-corrected chi connectivity index (χ2v) is 6.35. The molecule has 2 heterocycles. The summed E-state index contributed by atoms with van der Waals surface area (Å²) in [5.41, 5.74) is 6.51. The number of hydrogen-bond donors (Lipinski definition) is 1. The first-order valence-electron chi connectivity index (χ1n) is 7.88. The first-order valence-corrected chi connectivity index (χ1v) is 8.26. The maximum atomic E-state index is 11.9. The molecule has 136 valence electrons. The van der Waals surface area contributed by atoms with E-state index in [0.717, 1.165) is 18.7 Å². The van der Waals surface area contributed by atoms with Crippen molar-refractivity contribution in [2.45, 2.75) is 19.5 Å². The Bertz CT molecular complexity index is 697. The van der Waals surface area contributed by atoms with Crippen molar-refractivity contribution in [1.29, 1.82) is 0 Å². The Morgan fingerprint density at radius 2 is 1.92 bits per heavy atom. The van der Waals surface area contributed by atoms with Crippen LogP contribution in [0.3, 0.4) is 0 Å². The summed E-state index contributed by atoms with van der Waals surface area (Å²) >= 11 is 5.88. The van der Waals surface area contributed by atoms with Crippen LogP contribution in [0.1, 0.15) is 12.8 Å². The van der Waals surface area contributed by atoms with E-state index in [9.17, 15) is 4.79 Å². The summed E-state index contributed by atoms with van der Waals surface area (Å²) in [7, 11) is 0. The molecule has 3 rings (SSSR count). The van der Waals surface area contributed by atoms with Gasteiger partial charge in [0.1, 0.15) is 0 Å². The van der Waals surface area contributed by atoms with Crippen LogP contribution in [0.5, 0.6) is 0 Å². The number of nitrogens with zero attached hydrogens (tertiary/aromatic N) is 4. The van der Waals surface area contributed by atoms with Crippen LogP contribution in [0.2, 0.25) is 5.02 Å². The topological polar surface area (TPSA) is 88.5 Å². The van der Waals surface area contributed by atoms with Crippen LogP contribution in [0, 0.1) is 0 Å². The molecule has 1 aliphatic rings. The van der Waals surface area contributed by atoms with Crippen LogP contribution in [-0.2, 0) is 11.3 Å². The average Bonchev–Trinajstić information content (AvgIpc) is 3.04. The number of carbonyl (C=O) groups excluding carboxylic acids is 1. The summed E-state index contributed by atoms with van der Waals surface area (Å²) in [4.78, 5) is 20.3. The molecule has 1 atom stereocenters. The maximum Gasteiger partial charge on any atom is 0.241 e. The Hall–Kier alpha value is -1.67. The number of rotatable bonds is 4. The van der Waals surface area contributed by atoms with Crippen molar-refractivity contribution in [2.75, 3.05) is 26.2 Å². The first-order chi connectivity index (χ1) is 11.5. The van der Waals surface area contributed by atoms with Crippen LogP contribution in [0.15, 0.2) is 28.8 Å². The van der Waals surface area contributed by atoms with Crippen LogP contribution >= 0.6 is 24.0 Å². The van der Waals surface area contributed by atoms with Gasteiger partial charge in [0.15, 0.2) is 0 Å². The molecule has 0 saturated carbocycles. The molecular weight excluding hydrogens is 365 g/mol. The molecule has 25 heavy (non-hydrogen) atoms. The SMILES string of the molecule is CC(N)C(=O)N1CCN(Cc2nc(-c3ccc(Cl)cc3)no2)CC1.Cl. The Kier molecular flexibility index (Phi) is 6.78. The molecule has 1 aromatic heterocycles. The van der Waals surface area contributed by atoms with Crippen LogP contribution in [0.4, 0.5) is 0 Å². The van der Waals surface area contributed by atoms with Gasteiger partial charge < -0.3 is 15.2 Å². The molecule has 1 amide bonds. The Balaban J connectivity index is 0.00000225. The molecule has 0 bridgehead atoms. The normalized spacial score (nSPS) is 16.4. The number of amides is 1. The second-order valence-electron chi connectivity index (χ2n) is 5.91. The summed E-state index contributed by atoms with van der Waals surface area (Å²) in [6.45, 7) is 5.14. The van der Waals surface area contributed by atoms with Gasteiger partial charge in [-0.05, 0) is 31.2 Å². The molecule has 1 aromatic carbocycles. The van der Waals surface area contributed by atoms with Crippen molar-refractivity contribution >= 4 is 29.9 Å². The van der Waals surface area contributed by atoms with Crippen molar-refractivity contribution in [3.63, 3.8) is 0 Å². The smallest absolute Gasteiger partial charge is 0.241 e. The quantitative estimate of drug-likeness (QED) is 0.862. The lowest BCUT2D eigenvalue weighted by Gasteiger charge is -2.34. The van der Waals surface area contributed by atoms with E-state index in [1.165, 1.54) is 0 Å². The minimum Gasteiger partial charge on any atom is -0.339 e. The van der Waals surface area contributed by atoms with Crippen molar-refractivity contribution < 1.29 is 9.32 Å². The first kappa shape index (κ1) is 19.7. The predicted molar refractivity (Wildman–Crippen MR) is 97.5 cm³/mol. The third-order valence-corrected chi connectivity index (χ3v) is 4.25. The molecule has 7 nitrogen and oxygen atoms in total. The molecule has 1 aliphatic heterocycles. The number of piperazine rings is 1. The third kappa shape index (κ3) is 4.92. The number of halogens is 2. The minimum absolute atomic E-state index is 0. The average molecular weight is 386 g/mol. The van der Waals surface area contributed by atoms with Gasteiger partial charge in [-0.15, -0.1) is 12.4 Å². The van der Waals surface area contributed by atoms with E-state index in [-0.39, 0.29) is 18.3 Å². The number of hydrogen-bond acceptors (Lipinski definition) is 6. The highest BCUT2D eigenvalue weighted by Gasteiger charge is 2.24. The number of benzene rings is 1. The summed E-state index contributed by atoms with van der Waals surface area (Å²) in [6.07, 6.45) is 0. The highest BCUT2D eigenvalue weighted by molar-refractivity contribution is 6.30. The minimum atomic E-state index is -0.450. The van der Waals surface area contributed by atoms with E-state index in [2.05, 4.69) is 15.0 Å². The van der Waals surface area contributed by atoms with Gasteiger partial charge >= 0.3 is 0 Å². The molecule has 9 heteroatoms.